The number of thiophene rings is 1. The van der Waals surface area contributed by atoms with E-state index in [1.54, 1.807) is 11.3 Å². The molecule has 0 bridgehead atoms. The summed E-state index contributed by atoms with van der Waals surface area (Å²) in [5.41, 5.74) is 1.84. The number of aryl methyl sites for hydroxylation is 1. The Labute approximate surface area is 100 Å². The number of hydrogen-bond donors (Lipinski definition) is 2. The van der Waals surface area contributed by atoms with Crippen molar-refractivity contribution in [3.8, 4) is 0 Å². The molecule has 1 aromatic rings. The highest BCUT2D eigenvalue weighted by Gasteiger charge is 2.08. The Morgan fingerprint density at radius 2 is 2.06 bits per heavy atom. The normalized spacial score (nSPS) is 10.4. The van der Waals surface area contributed by atoms with Gasteiger partial charge in [-0.2, -0.15) is 11.3 Å². The van der Waals surface area contributed by atoms with Crippen molar-refractivity contribution in [1.82, 2.24) is 5.32 Å². The first-order chi connectivity index (χ1) is 7.75. The topological polar surface area (TPSA) is 49.3 Å². The smallest absolute Gasteiger partial charge is 0.252 e. The van der Waals surface area contributed by atoms with E-state index in [2.05, 4.69) is 5.32 Å². The molecule has 4 heteroatoms. The van der Waals surface area contributed by atoms with E-state index in [-0.39, 0.29) is 12.5 Å². The zero-order valence-corrected chi connectivity index (χ0v) is 10.5. The summed E-state index contributed by atoms with van der Waals surface area (Å²) in [4.78, 5) is 11.7. The Morgan fingerprint density at radius 3 is 2.69 bits per heavy atom. The lowest BCUT2D eigenvalue weighted by Crippen LogP contribution is -2.24. The van der Waals surface area contributed by atoms with Crippen molar-refractivity contribution >= 4 is 17.2 Å². The quantitative estimate of drug-likeness (QED) is 0.720. The van der Waals surface area contributed by atoms with Crippen LogP contribution in [0.4, 0.5) is 0 Å². The Hall–Kier alpha value is -0.870. The summed E-state index contributed by atoms with van der Waals surface area (Å²) in [7, 11) is 0. The number of amides is 1. The number of aliphatic hydroxyl groups excluding tert-OH is 1. The average Bonchev–Trinajstić information content (AvgIpc) is 2.69. The van der Waals surface area contributed by atoms with E-state index in [4.69, 9.17) is 5.11 Å². The summed E-state index contributed by atoms with van der Waals surface area (Å²) in [5, 5.41) is 15.4. The molecule has 0 atom stereocenters. The molecule has 1 aromatic heterocycles. The molecule has 0 aromatic carbocycles. The van der Waals surface area contributed by atoms with Gasteiger partial charge < -0.3 is 10.4 Å². The van der Waals surface area contributed by atoms with Gasteiger partial charge in [0.2, 0.25) is 0 Å². The van der Waals surface area contributed by atoms with Crippen molar-refractivity contribution in [1.29, 1.82) is 0 Å². The van der Waals surface area contributed by atoms with E-state index in [0.29, 0.717) is 0 Å². The van der Waals surface area contributed by atoms with Crippen LogP contribution in [-0.4, -0.2) is 24.2 Å². The molecule has 0 saturated carbocycles. The molecule has 3 nitrogen and oxygen atoms in total. The molecule has 0 saturated heterocycles. The molecule has 0 radical (unpaired) electrons. The van der Waals surface area contributed by atoms with Crippen molar-refractivity contribution in [3.63, 3.8) is 0 Å². The second-order valence-corrected chi connectivity index (χ2v) is 4.61. The van der Waals surface area contributed by atoms with Crippen LogP contribution in [0, 0.1) is 6.92 Å². The van der Waals surface area contributed by atoms with Crippen LogP contribution in [-0.2, 0) is 0 Å². The summed E-state index contributed by atoms with van der Waals surface area (Å²) >= 11 is 1.56. The lowest BCUT2D eigenvalue weighted by Gasteiger charge is -2.04. The van der Waals surface area contributed by atoms with Crippen LogP contribution in [0.1, 0.15) is 41.6 Å². The van der Waals surface area contributed by atoms with E-state index in [1.807, 2.05) is 17.7 Å². The number of carbonyl (C=O) groups excluding carboxylic acids is 1. The Kier molecular flexibility index (Phi) is 6.11. The summed E-state index contributed by atoms with van der Waals surface area (Å²) < 4.78 is 0. The van der Waals surface area contributed by atoms with Crippen LogP contribution < -0.4 is 5.32 Å². The zero-order chi connectivity index (χ0) is 11.8. The number of rotatable bonds is 7. The molecule has 0 aliphatic carbocycles. The number of nitrogens with one attached hydrogen (secondary N) is 1. The summed E-state index contributed by atoms with van der Waals surface area (Å²) in [5.74, 6) is 0.0286. The van der Waals surface area contributed by atoms with Crippen LogP contribution in [0.25, 0.3) is 0 Å². The molecule has 0 aliphatic rings. The fourth-order valence-corrected chi connectivity index (χ4v) is 2.31. The van der Waals surface area contributed by atoms with Crippen LogP contribution in [0.3, 0.4) is 0 Å². The van der Waals surface area contributed by atoms with E-state index in [9.17, 15) is 4.79 Å². The maximum Gasteiger partial charge on any atom is 0.252 e. The summed E-state index contributed by atoms with van der Waals surface area (Å²) in [6.45, 7) is 2.94. The van der Waals surface area contributed by atoms with Gasteiger partial charge in [0.1, 0.15) is 0 Å². The van der Waals surface area contributed by atoms with Gasteiger partial charge in [-0.1, -0.05) is 12.8 Å². The predicted octanol–water partition coefficient (Wildman–Crippen LogP) is 2.34. The van der Waals surface area contributed by atoms with E-state index < -0.39 is 0 Å². The molecular weight excluding hydrogens is 222 g/mol. The minimum absolute atomic E-state index is 0.0286. The number of unbranched alkanes of at least 4 members (excludes halogenated alkanes) is 3. The van der Waals surface area contributed by atoms with Gasteiger partial charge in [0, 0.05) is 18.5 Å². The van der Waals surface area contributed by atoms with E-state index in [0.717, 1.165) is 43.4 Å². The van der Waals surface area contributed by atoms with Gasteiger partial charge in [0.05, 0.1) is 5.56 Å². The average molecular weight is 241 g/mol. The Balaban J connectivity index is 2.14. The summed E-state index contributed by atoms with van der Waals surface area (Å²) in [6.07, 6.45) is 3.93. The second kappa shape index (κ2) is 7.41. The lowest BCUT2D eigenvalue weighted by atomic mass is 10.2. The SMILES string of the molecule is Cc1cscc1C(=O)NCCCCCCO. The molecule has 16 heavy (non-hydrogen) atoms. The maximum atomic E-state index is 11.7. The zero-order valence-electron chi connectivity index (χ0n) is 9.66. The van der Waals surface area contributed by atoms with Crippen molar-refractivity contribution < 1.29 is 9.90 Å². The fourth-order valence-electron chi connectivity index (χ4n) is 1.48. The molecule has 1 amide bonds. The van der Waals surface area contributed by atoms with E-state index >= 15 is 0 Å². The van der Waals surface area contributed by atoms with Gasteiger partial charge >= 0.3 is 0 Å². The molecule has 90 valence electrons. The Morgan fingerprint density at radius 1 is 1.31 bits per heavy atom. The third kappa shape index (κ3) is 4.33. The van der Waals surface area contributed by atoms with Crippen molar-refractivity contribution in [2.24, 2.45) is 0 Å². The molecule has 0 aliphatic heterocycles. The van der Waals surface area contributed by atoms with Gasteiger partial charge in [0.25, 0.3) is 5.91 Å². The van der Waals surface area contributed by atoms with Gasteiger partial charge in [-0.05, 0) is 30.7 Å². The minimum Gasteiger partial charge on any atom is -0.396 e. The lowest BCUT2D eigenvalue weighted by molar-refractivity contribution is 0.0952. The van der Waals surface area contributed by atoms with Gasteiger partial charge in [-0.25, -0.2) is 0 Å². The Bertz CT molecular complexity index is 323. The molecule has 1 heterocycles. The highest BCUT2D eigenvalue weighted by molar-refractivity contribution is 7.08. The van der Waals surface area contributed by atoms with Crippen LogP contribution in [0.15, 0.2) is 10.8 Å². The third-order valence-electron chi connectivity index (χ3n) is 2.47. The van der Waals surface area contributed by atoms with Crippen LogP contribution in [0.2, 0.25) is 0 Å². The standard InChI is InChI=1S/C12H19NO2S/c1-10-8-16-9-11(10)12(15)13-6-4-2-3-5-7-14/h8-9,14H,2-7H2,1H3,(H,13,15). The molecule has 0 unspecified atom stereocenters. The highest BCUT2D eigenvalue weighted by Crippen LogP contribution is 2.13. The number of carbonyl (C=O) groups is 1. The van der Waals surface area contributed by atoms with Crippen LogP contribution in [0.5, 0.6) is 0 Å². The molecule has 0 spiro atoms. The minimum atomic E-state index is 0.0286. The first-order valence-electron chi connectivity index (χ1n) is 5.67. The fraction of sp³-hybridized carbons (Fsp3) is 0.583. The molecule has 1 rings (SSSR count). The monoisotopic (exact) mass is 241 g/mol. The largest absolute Gasteiger partial charge is 0.396 e. The molecule has 0 fully saturated rings. The third-order valence-corrected chi connectivity index (χ3v) is 3.33. The van der Waals surface area contributed by atoms with Gasteiger partial charge in [-0.15, -0.1) is 0 Å². The molecule has 2 N–H and O–H groups in total. The summed E-state index contributed by atoms with van der Waals surface area (Å²) in [6, 6.07) is 0. The highest BCUT2D eigenvalue weighted by atomic mass is 32.1. The first kappa shape index (κ1) is 13.2. The number of hydrogen-bond acceptors (Lipinski definition) is 3. The van der Waals surface area contributed by atoms with Crippen molar-refractivity contribution in [3.05, 3.63) is 21.9 Å². The second-order valence-electron chi connectivity index (χ2n) is 3.86. The van der Waals surface area contributed by atoms with Gasteiger partial charge in [0.15, 0.2) is 0 Å². The van der Waals surface area contributed by atoms with Crippen molar-refractivity contribution in [2.45, 2.75) is 32.6 Å². The number of aliphatic hydroxyl groups is 1. The predicted molar refractivity (Wildman–Crippen MR) is 66.9 cm³/mol. The van der Waals surface area contributed by atoms with Crippen molar-refractivity contribution in [2.75, 3.05) is 13.2 Å². The van der Waals surface area contributed by atoms with Crippen LogP contribution >= 0.6 is 11.3 Å². The van der Waals surface area contributed by atoms with Gasteiger partial charge in [-0.3, -0.25) is 4.79 Å². The first-order valence-corrected chi connectivity index (χ1v) is 6.62. The molecular formula is C12H19NO2S. The van der Waals surface area contributed by atoms with E-state index in [1.165, 1.54) is 0 Å². The maximum absolute atomic E-state index is 11.7.